The van der Waals surface area contributed by atoms with Crippen LogP contribution in [0, 0.1) is 0 Å². The van der Waals surface area contributed by atoms with Gasteiger partial charge in [-0.3, -0.25) is 0 Å². The summed E-state index contributed by atoms with van der Waals surface area (Å²) in [4.78, 5) is 11.0. The van der Waals surface area contributed by atoms with E-state index >= 15 is 0 Å². The van der Waals surface area contributed by atoms with Crippen molar-refractivity contribution in [3.8, 4) is 56.3 Å². The summed E-state index contributed by atoms with van der Waals surface area (Å²) < 4.78 is 11.5. The third-order valence-electron chi connectivity index (χ3n) is 14.5. The number of para-hydroxylation sites is 2. The first kappa shape index (κ1) is 39.4. The maximum Gasteiger partial charge on any atom is 0.180 e. The third-order valence-corrected chi connectivity index (χ3v) is 14.5. The van der Waals surface area contributed by atoms with Crippen molar-refractivity contribution >= 4 is 87.2 Å². The Morgan fingerprint density at radius 3 is 1.68 bits per heavy atom. The summed E-state index contributed by atoms with van der Waals surface area (Å²) in [6.07, 6.45) is 0. The third kappa shape index (κ3) is 6.13. The SMILES string of the molecule is c1ccc(-c2ccc3oc4c(-c5ccccc5)nc(-c5cc6ccccc6cc5-n5c6ccc(-c7ccc8c(c7)c7ccccc7n8-c7ccccc7)cc6c6c7ccccc7ccc65)nc4c3c2)cc1. The van der Waals surface area contributed by atoms with Crippen molar-refractivity contribution in [1.29, 1.82) is 0 Å². The van der Waals surface area contributed by atoms with Crippen LogP contribution in [0.4, 0.5) is 0 Å². The first-order valence-corrected chi connectivity index (χ1v) is 24.1. The fourth-order valence-corrected chi connectivity index (χ4v) is 11.2. The quantitative estimate of drug-likeness (QED) is 0.167. The van der Waals surface area contributed by atoms with Gasteiger partial charge in [-0.1, -0.05) is 170 Å². The van der Waals surface area contributed by atoms with Crippen LogP contribution in [0.25, 0.3) is 143 Å². The van der Waals surface area contributed by atoms with E-state index in [0.29, 0.717) is 11.4 Å². The Morgan fingerprint density at radius 2 is 0.901 bits per heavy atom. The van der Waals surface area contributed by atoms with Gasteiger partial charge in [-0.2, -0.15) is 0 Å². The molecule has 0 radical (unpaired) electrons. The minimum absolute atomic E-state index is 0.625. The van der Waals surface area contributed by atoms with E-state index in [1.807, 2.05) is 12.1 Å². The molecule has 0 saturated heterocycles. The Kier molecular flexibility index (Phi) is 8.59. The number of aromatic nitrogens is 4. The topological polar surface area (TPSA) is 48.8 Å². The molecule has 0 N–H and O–H groups in total. The molecular formula is C66H40N4O. The molecule has 330 valence electrons. The van der Waals surface area contributed by atoms with Gasteiger partial charge in [0.15, 0.2) is 11.4 Å². The van der Waals surface area contributed by atoms with Gasteiger partial charge in [-0.25, -0.2) is 9.97 Å². The largest absolute Gasteiger partial charge is 0.452 e. The molecule has 5 heteroatoms. The summed E-state index contributed by atoms with van der Waals surface area (Å²) in [6.45, 7) is 0. The van der Waals surface area contributed by atoms with Crippen molar-refractivity contribution in [2.24, 2.45) is 0 Å². The van der Waals surface area contributed by atoms with Crippen molar-refractivity contribution in [3.05, 3.63) is 243 Å². The molecule has 0 aliphatic carbocycles. The molecule has 0 saturated carbocycles. The van der Waals surface area contributed by atoms with Gasteiger partial charge in [-0.15, -0.1) is 0 Å². The summed E-state index contributed by atoms with van der Waals surface area (Å²) >= 11 is 0. The highest BCUT2D eigenvalue weighted by atomic mass is 16.3. The van der Waals surface area contributed by atoms with E-state index in [1.165, 1.54) is 48.9 Å². The van der Waals surface area contributed by atoms with Crippen molar-refractivity contribution in [2.45, 2.75) is 0 Å². The lowest BCUT2D eigenvalue weighted by atomic mass is 9.99. The van der Waals surface area contributed by atoms with Gasteiger partial charge in [0.05, 0.1) is 27.8 Å². The molecule has 0 spiro atoms. The van der Waals surface area contributed by atoms with E-state index in [9.17, 15) is 0 Å². The first-order valence-electron chi connectivity index (χ1n) is 24.1. The maximum atomic E-state index is 6.73. The van der Waals surface area contributed by atoms with Crippen LogP contribution < -0.4 is 0 Å². The zero-order valence-electron chi connectivity index (χ0n) is 38.3. The van der Waals surface area contributed by atoms with Crippen LogP contribution in [0.5, 0.6) is 0 Å². The van der Waals surface area contributed by atoms with Crippen LogP contribution in [0.15, 0.2) is 247 Å². The summed E-state index contributed by atoms with van der Waals surface area (Å²) in [7, 11) is 0. The highest BCUT2D eigenvalue weighted by Gasteiger charge is 2.24. The first-order chi connectivity index (χ1) is 35.2. The average Bonchev–Trinajstić information content (AvgIpc) is 4.10. The van der Waals surface area contributed by atoms with Crippen molar-refractivity contribution in [1.82, 2.24) is 19.1 Å². The monoisotopic (exact) mass is 904 g/mol. The molecule has 5 nitrogen and oxygen atoms in total. The molecule has 4 aromatic heterocycles. The van der Waals surface area contributed by atoms with Gasteiger partial charge in [0, 0.05) is 43.7 Å². The average molecular weight is 905 g/mol. The van der Waals surface area contributed by atoms with Crippen molar-refractivity contribution < 1.29 is 4.42 Å². The number of furan rings is 1. The lowest BCUT2D eigenvalue weighted by Crippen LogP contribution is -2.01. The van der Waals surface area contributed by atoms with E-state index in [2.05, 4.69) is 240 Å². The second kappa shape index (κ2) is 15.5. The van der Waals surface area contributed by atoms with Gasteiger partial charge < -0.3 is 13.6 Å². The molecule has 0 aliphatic rings. The zero-order chi connectivity index (χ0) is 46.6. The lowest BCUT2D eigenvalue weighted by Gasteiger charge is -2.16. The number of benzene rings is 11. The number of hydrogen-bond donors (Lipinski definition) is 0. The molecule has 71 heavy (non-hydrogen) atoms. The predicted molar refractivity (Wildman–Crippen MR) is 295 cm³/mol. The molecule has 0 bridgehead atoms. The van der Waals surface area contributed by atoms with Gasteiger partial charge in [0.2, 0.25) is 0 Å². The Balaban J connectivity index is 0.995. The van der Waals surface area contributed by atoms with E-state index in [4.69, 9.17) is 14.4 Å². The molecule has 15 rings (SSSR count). The predicted octanol–water partition coefficient (Wildman–Crippen LogP) is 17.5. The summed E-state index contributed by atoms with van der Waals surface area (Å²) in [5.74, 6) is 0.625. The Bertz CT molecular complexity index is 4620. The number of fused-ring (bicyclic) bond motifs is 12. The van der Waals surface area contributed by atoms with Gasteiger partial charge in [0.25, 0.3) is 0 Å². The molecule has 0 atom stereocenters. The smallest absolute Gasteiger partial charge is 0.180 e. The van der Waals surface area contributed by atoms with Crippen LogP contribution in [-0.2, 0) is 0 Å². The summed E-state index contributed by atoms with van der Waals surface area (Å²) in [5, 5.41) is 10.4. The normalized spacial score (nSPS) is 11.9. The fourth-order valence-electron chi connectivity index (χ4n) is 11.2. The molecular weight excluding hydrogens is 865 g/mol. The Labute approximate surface area is 407 Å². The van der Waals surface area contributed by atoms with Gasteiger partial charge in [0.1, 0.15) is 16.8 Å². The molecule has 15 aromatic rings. The Morgan fingerprint density at radius 1 is 0.338 bits per heavy atom. The minimum Gasteiger partial charge on any atom is -0.452 e. The second-order valence-electron chi connectivity index (χ2n) is 18.5. The van der Waals surface area contributed by atoms with E-state index in [-0.39, 0.29) is 0 Å². The molecule has 11 aromatic carbocycles. The molecule has 0 amide bonds. The number of rotatable bonds is 6. The molecule has 0 fully saturated rings. The fraction of sp³-hybridized carbons (Fsp3) is 0. The van der Waals surface area contributed by atoms with Crippen LogP contribution in [0.3, 0.4) is 0 Å². The highest BCUT2D eigenvalue weighted by molar-refractivity contribution is 6.22. The number of nitrogens with zero attached hydrogens (tertiary/aromatic N) is 4. The summed E-state index contributed by atoms with van der Waals surface area (Å²) in [5.41, 5.74) is 16.2. The van der Waals surface area contributed by atoms with Crippen molar-refractivity contribution in [2.75, 3.05) is 0 Å². The zero-order valence-corrected chi connectivity index (χ0v) is 38.3. The Hall–Kier alpha value is -9.58. The van der Waals surface area contributed by atoms with Crippen molar-refractivity contribution in [3.63, 3.8) is 0 Å². The lowest BCUT2D eigenvalue weighted by molar-refractivity contribution is 0.667. The van der Waals surface area contributed by atoms with Crippen LogP contribution >= 0.6 is 0 Å². The standard InChI is InChI=1S/C66H40N4O/c1-4-16-41(17-5-1)46-31-35-61-55(39-46)64-65(71-61)63(43-19-6-2-7-20-43)67-66(68-64)54-38-44-21-10-11-22-45(44)40-60(54)70-58-33-30-48(37-53(58)62-50-25-13-12-18-42(50)28-34-59(62)70)47-29-32-57-52(36-47)51-26-14-15-27-56(51)69(57)49-23-8-3-9-24-49/h1-40H. The van der Waals surface area contributed by atoms with E-state index < -0.39 is 0 Å². The van der Waals surface area contributed by atoms with Crippen LogP contribution in [-0.4, -0.2) is 19.1 Å². The second-order valence-corrected chi connectivity index (χ2v) is 18.5. The van der Waals surface area contributed by atoms with Crippen LogP contribution in [0.1, 0.15) is 0 Å². The summed E-state index contributed by atoms with van der Waals surface area (Å²) in [6, 6.07) is 87.0. The minimum atomic E-state index is 0.625. The molecule has 0 aliphatic heterocycles. The molecule has 4 heterocycles. The van der Waals surface area contributed by atoms with Crippen LogP contribution in [0.2, 0.25) is 0 Å². The van der Waals surface area contributed by atoms with Gasteiger partial charge >= 0.3 is 0 Å². The maximum absolute atomic E-state index is 6.73. The van der Waals surface area contributed by atoms with E-state index in [0.717, 1.165) is 83.2 Å². The molecule has 0 unspecified atom stereocenters. The van der Waals surface area contributed by atoms with Gasteiger partial charge in [-0.05, 0) is 117 Å². The number of hydrogen-bond acceptors (Lipinski definition) is 3. The van der Waals surface area contributed by atoms with E-state index in [1.54, 1.807) is 0 Å². The highest BCUT2D eigenvalue weighted by Crippen LogP contribution is 2.44.